The molecule has 0 radical (unpaired) electrons. The number of aromatic nitrogens is 2. The molecule has 0 bridgehead atoms. The lowest BCUT2D eigenvalue weighted by Crippen LogP contribution is -2.11. The number of rotatable bonds is 6. The molecule has 10 heteroatoms. The Bertz CT molecular complexity index is 953. The molecule has 0 aliphatic heterocycles. The van der Waals surface area contributed by atoms with Crippen LogP contribution in [0.1, 0.15) is 23.0 Å². The Morgan fingerprint density at radius 3 is 2.59 bits per heavy atom. The van der Waals surface area contributed by atoms with Crippen LogP contribution in [0.5, 0.6) is 5.75 Å². The number of ether oxygens (including phenoxy) is 2. The molecule has 2 rings (SSSR count). The summed E-state index contributed by atoms with van der Waals surface area (Å²) in [5, 5.41) is 23.7. The van der Waals surface area contributed by atoms with E-state index >= 15 is 0 Å². The zero-order valence-corrected chi connectivity index (χ0v) is 14.4. The summed E-state index contributed by atoms with van der Waals surface area (Å²) in [5.41, 5.74) is -0.551. The Morgan fingerprint density at radius 1 is 1.37 bits per heavy atom. The minimum Gasteiger partial charge on any atom is -0.462 e. The summed E-state index contributed by atoms with van der Waals surface area (Å²) < 4.78 is 11.0. The number of hydrogen-bond donors (Lipinski definition) is 0. The van der Waals surface area contributed by atoms with E-state index in [1.54, 1.807) is 13.0 Å². The molecule has 10 nitrogen and oxygen atoms in total. The van der Waals surface area contributed by atoms with Gasteiger partial charge in [0.1, 0.15) is 23.6 Å². The summed E-state index contributed by atoms with van der Waals surface area (Å²) in [6.07, 6.45) is 2.43. The van der Waals surface area contributed by atoms with Crippen LogP contribution in [0.4, 0.5) is 5.69 Å². The zero-order valence-electron chi connectivity index (χ0n) is 14.4. The summed E-state index contributed by atoms with van der Waals surface area (Å²) in [5.74, 6) is -1.60. The van der Waals surface area contributed by atoms with Crippen LogP contribution in [-0.4, -0.2) is 33.2 Å². The maximum atomic E-state index is 12.1. The highest BCUT2D eigenvalue weighted by atomic mass is 16.6. The minimum absolute atomic E-state index is 0.117. The average Bonchev–Trinajstić information content (AvgIpc) is 3.03. The third-order valence-electron chi connectivity index (χ3n) is 3.22. The number of nitrogens with zero attached hydrogens (tertiary/aromatic N) is 4. The van der Waals surface area contributed by atoms with Crippen LogP contribution in [0.15, 0.2) is 36.0 Å². The van der Waals surface area contributed by atoms with Gasteiger partial charge in [0.15, 0.2) is 0 Å². The molecule has 0 saturated heterocycles. The van der Waals surface area contributed by atoms with Gasteiger partial charge in [-0.15, -0.1) is 0 Å². The van der Waals surface area contributed by atoms with Crippen molar-refractivity contribution in [3.05, 3.63) is 57.4 Å². The monoisotopic (exact) mass is 370 g/mol. The van der Waals surface area contributed by atoms with Crippen molar-refractivity contribution < 1.29 is 24.0 Å². The van der Waals surface area contributed by atoms with Gasteiger partial charge in [0.25, 0.3) is 0 Å². The van der Waals surface area contributed by atoms with Crippen LogP contribution >= 0.6 is 0 Å². The van der Waals surface area contributed by atoms with Crippen molar-refractivity contribution in [3.63, 3.8) is 0 Å². The van der Waals surface area contributed by atoms with Crippen LogP contribution in [0, 0.1) is 21.4 Å². The quantitative estimate of drug-likeness (QED) is 0.188. The Kier molecular flexibility index (Phi) is 6.01. The number of esters is 2. The molecule has 0 aliphatic carbocycles. The van der Waals surface area contributed by atoms with Gasteiger partial charge in [0.05, 0.1) is 11.5 Å². The summed E-state index contributed by atoms with van der Waals surface area (Å²) >= 11 is 0. The highest BCUT2D eigenvalue weighted by Crippen LogP contribution is 2.20. The van der Waals surface area contributed by atoms with Crippen molar-refractivity contribution in [2.45, 2.75) is 6.92 Å². The number of hydrogen-bond acceptors (Lipinski definition) is 8. The van der Waals surface area contributed by atoms with Crippen molar-refractivity contribution in [3.8, 4) is 11.8 Å². The highest BCUT2D eigenvalue weighted by Gasteiger charge is 2.26. The molecular formula is C17H14N4O6. The molecular weight excluding hydrogens is 356 g/mol. The summed E-state index contributed by atoms with van der Waals surface area (Å²) in [7, 11) is 1.45. The van der Waals surface area contributed by atoms with Crippen molar-refractivity contribution in [1.29, 1.82) is 5.26 Å². The summed E-state index contributed by atoms with van der Waals surface area (Å²) in [6.45, 7) is 1.77. The van der Waals surface area contributed by atoms with Gasteiger partial charge in [0, 0.05) is 7.05 Å². The molecule has 27 heavy (non-hydrogen) atoms. The third kappa shape index (κ3) is 4.76. The molecule has 0 N–H and O–H groups in total. The van der Waals surface area contributed by atoms with E-state index in [2.05, 4.69) is 5.10 Å². The first-order valence-electron chi connectivity index (χ1n) is 7.65. The molecule has 1 aromatic carbocycles. The van der Waals surface area contributed by atoms with Crippen molar-refractivity contribution in [2.24, 2.45) is 7.05 Å². The van der Waals surface area contributed by atoms with E-state index in [1.165, 1.54) is 37.4 Å². The fourth-order valence-electron chi connectivity index (χ4n) is 2.05. The fraction of sp³-hybridized carbons (Fsp3) is 0.176. The lowest BCUT2D eigenvalue weighted by atomic mass is 10.1. The Balaban J connectivity index is 2.16. The van der Waals surface area contributed by atoms with E-state index in [1.807, 2.05) is 0 Å². The first kappa shape index (κ1) is 19.3. The van der Waals surface area contributed by atoms with Crippen molar-refractivity contribution >= 4 is 23.7 Å². The fourth-order valence-corrected chi connectivity index (χ4v) is 2.05. The summed E-state index contributed by atoms with van der Waals surface area (Å²) in [6, 6.07) is 7.59. The number of nitriles is 1. The second-order valence-corrected chi connectivity index (χ2v) is 5.14. The summed E-state index contributed by atoms with van der Waals surface area (Å²) in [4.78, 5) is 33.9. The van der Waals surface area contributed by atoms with Crippen LogP contribution in [0.2, 0.25) is 0 Å². The lowest BCUT2D eigenvalue weighted by molar-refractivity contribution is -0.385. The van der Waals surface area contributed by atoms with Crippen LogP contribution in [-0.2, 0) is 16.6 Å². The van der Waals surface area contributed by atoms with Crippen LogP contribution in [0.25, 0.3) is 6.08 Å². The predicted molar refractivity (Wildman–Crippen MR) is 91.5 cm³/mol. The van der Waals surface area contributed by atoms with E-state index in [-0.39, 0.29) is 17.9 Å². The largest absolute Gasteiger partial charge is 0.462 e. The van der Waals surface area contributed by atoms with Gasteiger partial charge in [-0.3, -0.25) is 14.8 Å². The molecule has 0 spiro atoms. The maximum Gasteiger partial charge on any atom is 0.371 e. The van der Waals surface area contributed by atoms with E-state index < -0.39 is 28.2 Å². The topological polar surface area (TPSA) is 137 Å². The normalized spacial score (nSPS) is 10.8. The van der Waals surface area contributed by atoms with Crippen LogP contribution in [0.3, 0.4) is 0 Å². The molecule has 1 heterocycles. The Hall–Kier alpha value is -4.00. The lowest BCUT2D eigenvalue weighted by Gasteiger charge is -2.03. The SMILES string of the molecule is CCOC(=O)/C(C#N)=C/c1ccc(OC(=O)c2nn(C)cc2[N+](=O)[O-])cc1. The molecule has 0 fully saturated rings. The van der Waals surface area contributed by atoms with E-state index in [0.29, 0.717) is 5.56 Å². The molecule has 138 valence electrons. The van der Waals surface area contributed by atoms with Crippen molar-refractivity contribution in [1.82, 2.24) is 9.78 Å². The average molecular weight is 370 g/mol. The van der Waals surface area contributed by atoms with Crippen LogP contribution < -0.4 is 4.74 Å². The second-order valence-electron chi connectivity index (χ2n) is 5.14. The standard InChI is InChI=1S/C17H14N4O6/c1-3-26-16(22)12(9-18)8-11-4-6-13(7-5-11)27-17(23)15-14(21(24)25)10-20(2)19-15/h4-8,10H,3H2,1-2H3/b12-8+. The number of nitro groups is 1. The first-order valence-corrected chi connectivity index (χ1v) is 7.65. The van der Waals surface area contributed by atoms with E-state index in [9.17, 15) is 19.7 Å². The molecule has 0 atom stereocenters. The molecule has 0 amide bonds. The van der Waals surface area contributed by atoms with Gasteiger partial charge in [-0.25, -0.2) is 9.59 Å². The Morgan fingerprint density at radius 2 is 2.04 bits per heavy atom. The first-order chi connectivity index (χ1) is 12.8. The van der Waals surface area contributed by atoms with Gasteiger partial charge in [0.2, 0.25) is 5.69 Å². The van der Waals surface area contributed by atoms with Gasteiger partial charge in [-0.05, 0) is 30.7 Å². The highest BCUT2D eigenvalue weighted by molar-refractivity contribution is 5.98. The third-order valence-corrected chi connectivity index (χ3v) is 3.22. The van der Waals surface area contributed by atoms with E-state index in [0.717, 1.165) is 10.9 Å². The maximum absolute atomic E-state index is 12.1. The van der Waals surface area contributed by atoms with Gasteiger partial charge < -0.3 is 9.47 Å². The Labute approximate surface area is 153 Å². The molecule has 2 aromatic rings. The molecule has 1 aromatic heterocycles. The molecule has 0 aliphatic rings. The van der Waals surface area contributed by atoms with Gasteiger partial charge >= 0.3 is 17.6 Å². The second kappa shape index (κ2) is 8.39. The zero-order chi connectivity index (χ0) is 20.0. The minimum atomic E-state index is -0.977. The van der Waals surface area contributed by atoms with Gasteiger partial charge in [-0.1, -0.05) is 12.1 Å². The number of carbonyl (C=O) groups excluding carboxylic acids is 2. The van der Waals surface area contributed by atoms with E-state index in [4.69, 9.17) is 14.7 Å². The van der Waals surface area contributed by atoms with Crippen molar-refractivity contribution in [2.75, 3.05) is 6.61 Å². The number of aryl methyl sites for hydroxylation is 1. The number of carbonyl (C=O) groups is 2. The van der Waals surface area contributed by atoms with Gasteiger partial charge in [-0.2, -0.15) is 10.4 Å². The molecule has 0 saturated carbocycles. The molecule has 0 unspecified atom stereocenters. The predicted octanol–water partition coefficient (Wildman–Crippen LogP) is 2.02. The number of benzene rings is 1. The smallest absolute Gasteiger partial charge is 0.371 e.